The predicted molar refractivity (Wildman–Crippen MR) is 140 cm³/mol. The molecule has 1 aliphatic rings. The molecule has 174 valence electrons. The summed E-state index contributed by atoms with van der Waals surface area (Å²) in [7, 11) is 0. The summed E-state index contributed by atoms with van der Waals surface area (Å²) in [5.41, 5.74) is 2.04. The van der Waals surface area contributed by atoms with Gasteiger partial charge in [-0.1, -0.05) is 48.0 Å². The number of imide groups is 2. The zero-order chi connectivity index (χ0) is 24.4. The molecule has 2 heterocycles. The highest BCUT2D eigenvalue weighted by atomic mass is 35.5. The monoisotopic (exact) mass is 501 g/mol. The molecule has 1 aliphatic heterocycles. The summed E-state index contributed by atoms with van der Waals surface area (Å²) >= 11 is 7.69. The van der Waals surface area contributed by atoms with Gasteiger partial charge in [0.1, 0.15) is 5.57 Å². The van der Waals surface area contributed by atoms with Crippen molar-refractivity contribution in [2.24, 2.45) is 0 Å². The van der Waals surface area contributed by atoms with E-state index >= 15 is 0 Å². The molecular formula is C27H20ClN3O3S. The van der Waals surface area contributed by atoms with E-state index < -0.39 is 17.8 Å². The van der Waals surface area contributed by atoms with Crippen molar-refractivity contribution in [2.75, 3.05) is 10.7 Å². The van der Waals surface area contributed by atoms with E-state index in [2.05, 4.69) is 9.88 Å². The van der Waals surface area contributed by atoms with Crippen molar-refractivity contribution in [1.29, 1.82) is 0 Å². The minimum Gasteiger partial charge on any atom is -0.346 e. The summed E-state index contributed by atoms with van der Waals surface area (Å²) in [6, 6.07) is 23.3. The molecule has 0 spiro atoms. The molecule has 1 saturated heterocycles. The first-order valence-electron chi connectivity index (χ1n) is 10.9. The summed E-state index contributed by atoms with van der Waals surface area (Å²) in [6.45, 7) is 0.728. The molecule has 3 aromatic carbocycles. The van der Waals surface area contributed by atoms with E-state index in [4.69, 9.17) is 11.6 Å². The summed E-state index contributed by atoms with van der Waals surface area (Å²) in [6.07, 6.45) is 3.50. The summed E-state index contributed by atoms with van der Waals surface area (Å²) in [4.78, 5) is 40.4. The Labute approximate surface area is 211 Å². The van der Waals surface area contributed by atoms with Crippen LogP contribution < -0.4 is 10.2 Å². The van der Waals surface area contributed by atoms with E-state index in [9.17, 15) is 14.4 Å². The number of barbiturate groups is 1. The molecule has 1 fully saturated rings. The summed E-state index contributed by atoms with van der Waals surface area (Å²) in [5, 5.41) is 3.90. The van der Waals surface area contributed by atoms with Crippen molar-refractivity contribution >= 4 is 63.9 Å². The van der Waals surface area contributed by atoms with Crippen molar-refractivity contribution in [2.45, 2.75) is 11.4 Å². The molecule has 35 heavy (non-hydrogen) atoms. The summed E-state index contributed by atoms with van der Waals surface area (Å²) < 4.78 is 2.11. The number of urea groups is 1. The minimum atomic E-state index is -0.759. The second-order valence-electron chi connectivity index (χ2n) is 7.89. The van der Waals surface area contributed by atoms with Gasteiger partial charge in [0.05, 0.1) is 5.69 Å². The van der Waals surface area contributed by atoms with Crippen molar-refractivity contribution in [3.8, 4) is 0 Å². The Morgan fingerprint density at radius 1 is 0.886 bits per heavy atom. The lowest BCUT2D eigenvalue weighted by Gasteiger charge is -2.26. The SMILES string of the molecule is O=C1NC(=O)N(c2ccccc2)C(=O)/C1=C/c1cn(CCSc2ccc(Cl)cc2)c2ccccc12. The van der Waals surface area contributed by atoms with Crippen LogP contribution >= 0.6 is 23.4 Å². The van der Waals surface area contributed by atoms with Gasteiger partial charge in [-0.25, -0.2) is 9.69 Å². The minimum absolute atomic E-state index is 0.0908. The molecule has 8 heteroatoms. The maximum absolute atomic E-state index is 13.2. The van der Waals surface area contributed by atoms with Crippen LogP contribution in [0.5, 0.6) is 0 Å². The van der Waals surface area contributed by atoms with Gasteiger partial charge in [-0.2, -0.15) is 0 Å². The van der Waals surface area contributed by atoms with Crippen LogP contribution in [0.4, 0.5) is 10.5 Å². The Balaban J connectivity index is 1.44. The molecule has 0 radical (unpaired) electrons. The van der Waals surface area contributed by atoms with E-state index in [-0.39, 0.29) is 5.57 Å². The third kappa shape index (κ3) is 4.73. The number of para-hydroxylation sites is 2. The maximum atomic E-state index is 13.2. The Morgan fingerprint density at radius 3 is 2.37 bits per heavy atom. The van der Waals surface area contributed by atoms with Crippen molar-refractivity contribution < 1.29 is 14.4 Å². The van der Waals surface area contributed by atoms with Crippen molar-refractivity contribution in [3.63, 3.8) is 0 Å². The topological polar surface area (TPSA) is 71.4 Å². The number of halogens is 1. The van der Waals surface area contributed by atoms with Crippen LogP contribution in [-0.2, 0) is 16.1 Å². The fourth-order valence-corrected chi connectivity index (χ4v) is 4.97. The fourth-order valence-electron chi connectivity index (χ4n) is 3.99. The molecular weight excluding hydrogens is 482 g/mol. The summed E-state index contributed by atoms with van der Waals surface area (Å²) in [5.74, 6) is -0.533. The van der Waals surface area contributed by atoms with Gasteiger partial charge in [-0.05, 0) is 48.5 Å². The van der Waals surface area contributed by atoms with Gasteiger partial charge < -0.3 is 4.57 Å². The highest BCUT2D eigenvalue weighted by Crippen LogP contribution is 2.28. The first-order chi connectivity index (χ1) is 17.0. The highest BCUT2D eigenvalue weighted by Gasteiger charge is 2.36. The number of amides is 4. The zero-order valence-corrected chi connectivity index (χ0v) is 20.1. The number of hydrogen-bond donors (Lipinski definition) is 1. The quantitative estimate of drug-likeness (QED) is 0.207. The van der Waals surface area contributed by atoms with E-state index in [0.29, 0.717) is 10.7 Å². The van der Waals surface area contributed by atoms with Gasteiger partial charge in [-0.15, -0.1) is 11.8 Å². The largest absolute Gasteiger partial charge is 0.346 e. The molecule has 0 atom stereocenters. The van der Waals surface area contributed by atoms with E-state index in [0.717, 1.165) is 38.6 Å². The maximum Gasteiger partial charge on any atom is 0.335 e. The van der Waals surface area contributed by atoms with Crippen LogP contribution in [0.1, 0.15) is 5.56 Å². The lowest BCUT2D eigenvalue weighted by atomic mass is 10.1. The number of aromatic nitrogens is 1. The zero-order valence-electron chi connectivity index (χ0n) is 18.5. The highest BCUT2D eigenvalue weighted by molar-refractivity contribution is 7.99. The van der Waals surface area contributed by atoms with Gasteiger partial charge in [0, 0.05) is 44.9 Å². The number of hydrogen-bond acceptors (Lipinski definition) is 4. The molecule has 0 unspecified atom stereocenters. The molecule has 5 rings (SSSR count). The lowest BCUT2D eigenvalue weighted by Crippen LogP contribution is -2.54. The number of carbonyl (C=O) groups excluding carboxylic acids is 3. The number of aryl methyl sites for hydroxylation is 1. The number of fused-ring (bicyclic) bond motifs is 1. The Kier molecular flexibility index (Phi) is 6.44. The molecule has 1 N–H and O–H groups in total. The molecule has 4 amide bonds. The van der Waals surface area contributed by atoms with Crippen LogP contribution in [0.25, 0.3) is 17.0 Å². The van der Waals surface area contributed by atoms with Crippen LogP contribution in [0.15, 0.2) is 95.5 Å². The van der Waals surface area contributed by atoms with Gasteiger partial charge >= 0.3 is 6.03 Å². The number of anilines is 1. The second-order valence-corrected chi connectivity index (χ2v) is 9.50. The molecule has 4 aromatic rings. The Bertz CT molecular complexity index is 1460. The van der Waals surface area contributed by atoms with Crippen LogP contribution in [0, 0.1) is 0 Å². The standard InChI is InChI=1S/C27H20ClN3O3S/c28-19-10-12-21(13-11-19)35-15-14-30-17-18(22-8-4-5-9-24(22)30)16-23-25(32)29-27(34)31(26(23)33)20-6-2-1-3-7-20/h1-13,16-17H,14-15H2,(H,29,32,34)/b23-16+. The Morgan fingerprint density at radius 2 is 1.60 bits per heavy atom. The number of nitrogens with zero attached hydrogens (tertiary/aromatic N) is 2. The number of nitrogens with one attached hydrogen (secondary N) is 1. The van der Waals surface area contributed by atoms with Crippen LogP contribution in [-0.4, -0.2) is 28.2 Å². The molecule has 0 saturated carbocycles. The van der Waals surface area contributed by atoms with E-state index in [1.54, 1.807) is 48.2 Å². The lowest BCUT2D eigenvalue weighted by molar-refractivity contribution is -0.122. The fraction of sp³-hybridized carbons (Fsp3) is 0.0741. The van der Waals surface area contributed by atoms with Gasteiger partial charge in [0.25, 0.3) is 11.8 Å². The smallest absolute Gasteiger partial charge is 0.335 e. The third-order valence-electron chi connectivity index (χ3n) is 5.65. The molecule has 0 bridgehead atoms. The normalized spacial score (nSPS) is 15.2. The van der Waals surface area contributed by atoms with Crippen LogP contribution in [0.2, 0.25) is 5.02 Å². The molecule has 6 nitrogen and oxygen atoms in total. The molecule has 0 aliphatic carbocycles. The number of benzene rings is 3. The third-order valence-corrected chi connectivity index (χ3v) is 6.89. The predicted octanol–water partition coefficient (Wildman–Crippen LogP) is 5.75. The van der Waals surface area contributed by atoms with E-state index in [1.807, 2.05) is 54.7 Å². The number of carbonyl (C=O) groups is 3. The number of thioether (sulfide) groups is 1. The second kappa shape index (κ2) is 9.82. The average Bonchev–Trinajstić information content (AvgIpc) is 3.21. The number of rotatable bonds is 6. The van der Waals surface area contributed by atoms with Crippen molar-refractivity contribution in [3.05, 3.63) is 101 Å². The first kappa shape index (κ1) is 23.0. The molecule has 1 aromatic heterocycles. The van der Waals surface area contributed by atoms with Gasteiger partial charge in [0.15, 0.2) is 0 Å². The van der Waals surface area contributed by atoms with Crippen molar-refractivity contribution in [1.82, 2.24) is 9.88 Å². The van der Waals surface area contributed by atoms with Crippen LogP contribution in [0.3, 0.4) is 0 Å². The average molecular weight is 502 g/mol. The first-order valence-corrected chi connectivity index (χ1v) is 12.3. The Hall–Kier alpha value is -3.81. The van der Waals surface area contributed by atoms with E-state index in [1.165, 1.54) is 0 Å². The van der Waals surface area contributed by atoms with Gasteiger partial charge in [0.2, 0.25) is 0 Å². The van der Waals surface area contributed by atoms with Gasteiger partial charge in [-0.3, -0.25) is 14.9 Å².